The van der Waals surface area contributed by atoms with Crippen molar-refractivity contribution in [2.24, 2.45) is 0 Å². The number of aromatic nitrogens is 2. The summed E-state index contributed by atoms with van der Waals surface area (Å²) in [6.07, 6.45) is 4.42. The van der Waals surface area contributed by atoms with Crippen LogP contribution >= 0.6 is 22.7 Å². The van der Waals surface area contributed by atoms with Crippen molar-refractivity contribution < 1.29 is 0 Å². The number of hydrogen-bond acceptors (Lipinski definition) is 4. The second kappa shape index (κ2) is 4.28. The minimum absolute atomic E-state index is 0.0831. The van der Waals surface area contributed by atoms with Crippen molar-refractivity contribution in [3.05, 3.63) is 50.1 Å². The summed E-state index contributed by atoms with van der Waals surface area (Å²) in [4.78, 5) is 16.9. The van der Waals surface area contributed by atoms with Crippen LogP contribution in [-0.2, 0) is 6.54 Å². The number of thiazole rings is 1. The topological polar surface area (TPSA) is 34.9 Å². The maximum absolute atomic E-state index is 12.3. The molecule has 1 aliphatic rings. The maximum atomic E-state index is 12.3. The molecule has 1 aliphatic carbocycles. The smallest absolute Gasteiger partial charge is 0.259 e. The van der Waals surface area contributed by atoms with Gasteiger partial charge in [-0.1, -0.05) is 0 Å². The van der Waals surface area contributed by atoms with E-state index < -0.39 is 0 Å². The fourth-order valence-electron chi connectivity index (χ4n) is 2.22. The predicted molar refractivity (Wildman–Crippen MR) is 79.3 cm³/mol. The Kier molecular flexibility index (Phi) is 2.56. The Labute approximate surface area is 118 Å². The predicted octanol–water partition coefficient (Wildman–Crippen LogP) is 3.45. The zero-order valence-electron chi connectivity index (χ0n) is 10.2. The van der Waals surface area contributed by atoms with Gasteiger partial charge in [0.05, 0.1) is 22.6 Å². The molecule has 0 aromatic carbocycles. The summed E-state index contributed by atoms with van der Waals surface area (Å²) >= 11 is 3.33. The van der Waals surface area contributed by atoms with Gasteiger partial charge in [-0.3, -0.25) is 4.79 Å². The van der Waals surface area contributed by atoms with Crippen molar-refractivity contribution in [3.8, 4) is 0 Å². The van der Waals surface area contributed by atoms with Crippen molar-refractivity contribution >= 4 is 32.8 Å². The standard InChI is InChI=1S/C14H12N2OS2/c17-14-11-4-6-18-12(11)3-5-16(14)7-10-8-19-13(15-10)9-1-2-9/h3-6,8-9H,1-2,7H2. The molecule has 5 heteroatoms. The van der Waals surface area contributed by atoms with Gasteiger partial charge >= 0.3 is 0 Å². The number of thiophene rings is 1. The molecule has 1 saturated carbocycles. The molecule has 3 aromatic heterocycles. The Hall–Kier alpha value is -1.46. The largest absolute Gasteiger partial charge is 0.309 e. The maximum Gasteiger partial charge on any atom is 0.259 e. The summed E-state index contributed by atoms with van der Waals surface area (Å²) in [5, 5.41) is 6.09. The molecule has 0 aliphatic heterocycles. The third-order valence-corrected chi connectivity index (χ3v) is 5.36. The van der Waals surface area contributed by atoms with Crippen molar-refractivity contribution in [2.45, 2.75) is 25.3 Å². The zero-order valence-corrected chi connectivity index (χ0v) is 11.8. The highest BCUT2D eigenvalue weighted by Gasteiger charge is 2.26. The quantitative estimate of drug-likeness (QED) is 0.740. The van der Waals surface area contributed by atoms with Crippen LogP contribution in [0.2, 0.25) is 0 Å². The fraction of sp³-hybridized carbons (Fsp3) is 0.286. The lowest BCUT2D eigenvalue weighted by molar-refractivity contribution is 0.748. The lowest BCUT2D eigenvalue weighted by Crippen LogP contribution is -2.19. The molecular weight excluding hydrogens is 276 g/mol. The molecule has 19 heavy (non-hydrogen) atoms. The summed E-state index contributed by atoms with van der Waals surface area (Å²) in [5.41, 5.74) is 1.09. The van der Waals surface area contributed by atoms with Crippen LogP contribution in [-0.4, -0.2) is 9.55 Å². The molecule has 0 bridgehead atoms. The van der Waals surface area contributed by atoms with E-state index in [9.17, 15) is 4.79 Å². The average Bonchev–Trinajstić information content (AvgIpc) is 2.98. The number of fused-ring (bicyclic) bond motifs is 1. The van der Waals surface area contributed by atoms with Crippen molar-refractivity contribution in [3.63, 3.8) is 0 Å². The van der Waals surface area contributed by atoms with Crippen LogP contribution in [0.1, 0.15) is 29.5 Å². The van der Waals surface area contributed by atoms with E-state index in [0.717, 1.165) is 15.8 Å². The molecule has 4 rings (SSSR count). The first-order chi connectivity index (χ1) is 9.31. The fourth-order valence-corrected chi connectivity index (χ4v) is 3.97. The Balaban J connectivity index is 1.69. The highest BCUT2D eigenvalue weighted by molar-refractivity contribution is 7.17. The molecule has 0 amide bonds. The second-order valence-electron chi connectivity index (χ2n) is 4.90. The number of rotatable bonds is 3. The van der Waals surface area contributed by atoms with Crippen molar-refractivity contribution in [2.75, 3.05) is 0 Å². The van der Waals surface area contributed by atoms with Gasteiger partial charge in [-0.15, -0.1) is 22.7 Å². The molecule has 3 aromatic rings. The monoisotopic (exact) mass is 288 g/mol. The van der Waals surface area contributed by atoms with Gasteiger partial charge in [-0.25, -0.2) is 4.98 Å². The Morgan fingerprint density at radius 3 is 3.05 bits per heavy atom. The van der Waals surface area contributed by atoms with Crippen LogP contribution in [0, 0.1) is 0 Å². The molecule has 0 spiro atoms. The second-order valence-corrected chi connectivity index (χ2v) is 6.74. The Bertz CT molecular complexity index is 795. The molecule has 0 unspecified atom stereocenters. The van der Waals surface area contributed by atoms with E-state index in [1.165, 1.54) is 17.8 Å². The average molecular weight is 288 g/mol. The van der Waals surface area contributed by atoms with Gasteiger partial charge < -0.3 is 4.57 Å². The molecule has 96 valence electrons. The van der Waals surface area contributed by atoms with Crippen LogP contribution in [0.3, 0.4) is 0 Å². The molecular formula is C14H12N2OS2. The van der Waals surface area contributed by atoms with E-state index in [4.69, 9.17) is 0 Å². The summed E-state index contributed by atoms with van der Waals surface area (Å²) in [6, 6.07) is 3.91. The van der Waals surface area contributed by atoms with Gasteiger partial charge in [0.2, 0.25) is 0 Å². The van der Waals surface area contributed by atoms with Crippen LogP contribution in [0.4, 0.5) is 0 Å². The first-order valence-electron chi connectivity index (χ1n) is 6.32. The highest BCUT2D eigenvalue weighted by Crippen LogP contribution is 2.41. The summed E-state index contributed by atoms with van der Waals surface area (Å²) in [6.45, 7) is 0.577. The normalized spacial score (nSPS) is 15.2. The van der Waals surface area contributed by atoms with Gasteiger partial charge in [0.25, 0.3) is 5.56 Å². The number of hydrogen-bond donors (Lipinski definition) is 0. The third-order valence-electron chi connectivity index (χ3n) is 3.42. The molecule has 0 N–H and O–H groups in total. The van der Waals surface area contributed by atoms with Crippen LogP contribution < -0.4 is 5.56 Å². The first kappa shape index (κ1) is 11.4. The van der Waals surface area contributed by atoms with E-state index in [1.54, 1.807) is 27.2 Å². The van der Waals surface area contributed by atoms with Crippen LogP contribution in [0.15, 0.2) is 33.9 Å². The number of pyridine rings is 1. The highest BCUT2D eigenvalue weighted by atomic mass is 32.1. The minimum Gasteiger partial charge on any atom is -0.309 e. The first-order valence-corrected chi connectivity index (χ1v) is 8.08. The molecule has 0 radical (unpaired) electrons. The van der Waals surface area contributed by atoms with E-state index in [2.05, 4.69) is 10.4 Å². The molecule has 3 heterocycles. The zero-order chi connectivity index (χ0) is 12.8. The summed E-state index contributed by atoms with van der Waals surface area (Å²) < 4.78 is 2.80. The molecule has 0 atom stereocenters. The number of nitrogens with zero attached hydrogens (tertiary/aromatic N) is 2. The van der Waals surface area contributed by atoms with Gasteiger partial charge in [0.1, 0.15) is 0 Å². The van der Waals surface area contributed by atoms with Crippen molar-refractivity contribution in [1.82, 2.24) is 9.55 Å². The summed E-state index contributed by atoms with van der Waals surface area (Å²) in [7, 11) is 0. The third kappa shape index (κ3) is 2.03. The Morgan fingerprint density at radius 2 is 2.21 bits per heavy atom. The van der Waals surface area contributed by atoms with Gasteiger partial charge in [0, 0.05) is 22.2 Å². The molecule has 3 nitrogen and oxygen atoms in total. The lowest BCUT2D eigenvalue weighted by atomic mass is 10.3. The lowest BCUT2D eigenvalue weighted by Gasteiger charge is -2.03. The molecule has 1 fully saturated rings. The SMILES string of the molecule is O=c1c2ccsc2ccn1Cc1csc(C2CC2)n1. The Morgan fingerprint density at radius 1 is 1.32 bits per heavy atom. The van der Waals surface area contributed by atoms with Crippen LogP contribution in [0.5, 0.6) is 0 Å². The van der Waals surface area contributed by atoms with Crippen molar-refractivity contribution in [1.29, 1.82) is 0 Å². The summed E-state index contributed by atoms with van der Waals surface area (Å²) in [5.74, 6) is 0.690. The van der Waals surface area contributed by atoms with Gasteiger partial charge in [0.15, 0.2) is 0 Å². The van der Waals surface area contributed by atoms with Gasteiger partial charge in [-0.2, -0.15) is 0 Å². The minimum atomic E-state index is 0.0831. The van der Waals surface area contributed by atoms with Crippen LogP contribution in [0.25, 0.3) is 10.1 Å². The van der Waals surface area contributed by atoms with E-state index >= 15 is 0 Å². The van der Waals surface area contributed by atoms with Gasteiger partial charge in [-0.05, 0) is 30.4 Å². The van der Waals surface area contributed by atoms with E-state index in [0.29, 0.717) is 12.5 Å². The van der Waals surface area contributed by atoms with E-state index in [1.807, 2.05) is 23.7 Å². The molecule has 0 saturated heterocycles. The van der Waals surface area contributed by atoms with E-state index in [-0.39, 0.29) is 5.56 Å².